The minimum atomic E-state index is -0.699. The van der Waals surface area contributed by atoms with Crippen molar-refractivity contribution in [3.63, 3.8) is 0 Å². The molecule has 8 nitrogen and oxygen atoms in total. The molecule has 0 saturated carbocycles. The summed E-state index contributed by atoms with van der Waals surface area (Å²) in [5.74, 6) is -0.0834. The van der Waals surface area contributed by atoms with Crippen LogP contribution in [-0.2, 0) is 17.9 Å². The van der Waals surface area contributed by atoms with Crippen molar-refractivity contribution in [1.29, 1.82) is 0 Å². The minimum Gasteiger partial charge on any atom is -0.324 e. The number of carbonyl (C=O) groups excluding carboxylic acids is 1. The predicted octanol–water partition coefficient (Wildman–Crippen LogP) is 2.73. The predicted molar refractivity (Wildman–Crippen MR) is 104 cm³/mol. The van der Waals surface area contributed by atoms with Crippen LogP contribution >= 0.6 is 23.4 Å². The average Bonchev–Trinajstić information content (AvgIpc) is 2.62. The summed E-state index contributed by atoms with van der Waals surface area (Å²) in [4.78, 5) is 37.3. The van der Waals surface area contributed by atoms with E-state index >= 15 is 0 Å². The first-order valence-corrected chi connectivity index (χ1v) is 9.63. The number of azo groups is 1. The summed E-state index contributed by atoms with van der Waals surface area (Å²) < 4.78 is 2.61. The van der Waals surface area contributed by atoms with E-state index in [2.05, 4.69) is 15.5 Å². The van der Waals surface area contributed by atoms with E-state index in [1.165, 1.54) is 16.1 Å². The van der Waals surface area contributed by atoms with Crippen molar-refractivity contribution >= 4 is 35.1 Å². The first-order valence-electron chi connectivity index (χ1n) is 8.37. The Kier molecular flexibility index (Phi) is 5.81. The van der Waals surface area contributed by atoms with Gasteiger partial charge in [-0.05, 0) is 24.1 Å². The highest BCUT2D eigenvalue weighted by Gasteiger charge is 2.26. The average molecular weight is 408 g/mol. The molecule has 1 atom stereocenters. The molecular weight excluding hydrogens is 390 g/mol. The molecule has 3 rings (SSSR count). The molecule has 10 heteroatoms. The van der Waals surface area contributed by atoms with E-state index in [1.807, 2.05) is 13.0 Å². The first-order chi connectivity index (χ1) is 12.9. The summed E-state index contributed by atoms with van der Waals surface area (Å²) in [5, 5.41) is 11.2. The number of carbonyl (C=O) groups is 1. The zero-order chi connectivity index (χ0) is 19.6. The summed E-state index contributed by atoms with van der Waals surface area (Å²) in [6.45, 7) is 3.75. The highest BCUT2D eigenvalue weighted by molar-refractivity contribution is 8.00. The molecule has 27 heavy (non-hydrogen) atoms. The molecule has 1 N–H and O–H groups in total. The molecule has 0 aliphatic carbocycles. The van der Waals surface area contributed by atoms with Gasteiger partial charge in [-0.25, -0.2) is 4.79 Å². The van der Waals surface area contributed by atoms with Crippen LogP contribution in [0.3, 0.4) is 0 Å². The van der Waals surface area contributed by atoms with Gasteiger partial charge in [0, 0.05) is 18.5 Å². The Hall–Kier alpha value is -2.39. The molecule has 2 aromatic rings. The number of benzene rings is 1. The van der Waals surface area contributed by atoms with E-state index in [0.717, 1.165) is 17.3 Å². The van der Waals surface area contributed by atoms with Gasteiger partial charge in [-0.15, -0.1) is 10.2 Å². The van der Waals surface area contributed by atoms with Crippen molar-refractivity contribution in [3.8, 4) is 0 Å². The third-order valence-corrected chi connectivity index (χ3v) is 5.11. The number of amides is 1. The van der Waals surface area contributed by atoms with Gasteiger partial charge in [0.05, 0.1) is 6.54 Å². The summed E-state index contributed by atoms with van der Waals surface area (Å²) in [7, 11) is 0. The van der Waals surface area contributed by atoms with Crippen molar-refractivity contribution < 1.29 is 4.79 Å². The van der Waals surface area contributed by atoms with Crippen LogP contribution in [-0.4, -0.2) is 20.5 Å². The van der Waals surface area contributed by atoms with Crippen molar-refractivity contribution in [3.05, 3.63) is 55.7 Å². The van der Waals surface area contributed by atoms with Crippen molar-refractivity contribution in [2.24, 2.45) is 10.2 Å². The number of aromatic nitrogens is 2. The lowest BCUT2D eigenvalue weighted by Gasteiger charge is -2.21. The standard InChI is InChI=1S/C17H18ClN5O3S/c1-3-7-22-15(25)13-14(20-21-16(27-13)19-10(2)24)23(17(22)26)9-11-5-4-6-12(18)8-11/h4-6,8,16H,3,7,9H2,1-2H3,(H,19,24). The molecule has 0 bridgehead atoms. The fourth-order valence-corrected chi connectivity index (χ4v) is 3.94. The van der Waals surface area contributed by atoms with E-state index in [0.29, 0.717) is 22.9 Å². The van der Waals surface area contributed by atoms with Crippen LogP contribution in [0.5, 0.6) is 0 Å². The molecule has 0 fully saturated rings. The van der Waals surface area contributed by atoms with Gasteiger partial charge < -0.3 is 5.32 Å². The lowest BCUT2D eigenvalue weighted by Crippen LogP contribution is -2.42. The summed E-state index contributed by atoms with van der Waals surface area (Å²) >= 11 is 7.12. The second-order valence-electron chi connectivity index (χ2n) is 5.99. The van der Waals surface area contributed by atoms with Crippen LogP contribution in [0.15, 0.2) is 49.0 Å². The van der Waals surface area contributed by atoms with Gasteiger partial charge in [-0.1, -0.05) is 42.4 Å². The van der Waals surface area contributed by atoms with E-state index in [1.54, 1.807) is 18.2 Å². The molecule has 0 spiro atoms. The Morgan fingerprint density at radius 3 is 2.78 bits per heavy atom. The number of rotatable bonds is 5. The highest BCUT2D eigenvalue weighted by atomic mass is 35.5. The lowest BCUT2D eigenvalue weighted by atomic mass is 10.2. The molecule has 1 aromatic carbocycles. The normalized spacial score (nSPS) is 15.4. The van der Waals surface area contributed by atoms with Gasteiger partial charge in [0.25, 0.3) is 5.56 Å². The number of halogens is 1. The molecular formula is C17H18ClN5O3S. The largest absolute Gasteiger partial charge is 0.333 e. The van der Waals surface area contributed by atoms with Gasteiger partial charge in [-0.2, -0.15) is 0 Å². The molecule has 1 amide bonds. The van der Waals surface area contributed by atoms with Crippen LogP contribution in [0.4, 0.5) is 5.82 Å². The fraction of sp³-hybridized carbons (Fsp3) is 0.353. The van der Waals surface area contributed by atoms with Gasteiger partial charge in [0.1, 0.15) is 4.90 Å². The van der Waals surface area contributed by atoms with Crippen LogP contribution < -0.4 is 16.6 Å². The molecule has 1 aliphatic heterocycles. The fourth-order valence-electron chi connectivity index (χ4n) is 2.72. The second kappa shape index (κ2) is 8.10. The smallest absolute Gasteiger partial charge is 0.324 e. The molecule has 0 saturated heterocycles. The Bertz CT molecular complexity index is 1030. The zero-order valence-corrected chi connectivity index (χ0v) is 16.4. The van der Waals surface area contributed by atoms with Crippen LogP contribution in [0.1, 0.15) is 25.8 Å². The quantitative estimate of drug-likeness (QED) is 0.823. The van der Waals surface area contributed by atoms with Gasteiger partial charge in [0.15, 0.2) is 11.3 Å². The minimum absolute atomic E-state index is 0.198. The molecule has 1 aliphatic rings. The SMILES string of the molecule is CCCn1c(=O)c2c(n(Cc3cccc(Cl)c3)c1=O)N=NC(NC(C)=O)S2. The molecule has 142 valence electrons. The third-order valence-electron chi connectivity index (χ3n) is 3.85. The van der Waals surface area contributed by atoms with E-state index in [9.17, 15) is 14.4 Å². The van der Waals surface area contributed by atoms with E-state index in [4.69, 9.17) is 11.6 Å². The lowest BCUT2D eigenvalue weighted by molar-refractivity contribution is -0.119. The summed E-state index contributed by atoms with van der Waals surface area (Å²) in [6.07, 6.45) is 0.631. The number of nitrogens with zero attached hydrogens (tertiary/aromatic N) is 4. The first kappa shape index (κ1) is 19.4. The second-order valence-corrected chi connectivity index (χ2v) is 7.52. The number of fused-ring (bicyclic) bond motifs is 1. The summed E-state index contributed by atoms with van der Waals surface area (Å²) in [6, 6.07) is 7.13. The molecule has 0 radical (unpaired) electrons. The maximum Gasteiger partial charge on any atom is 0.333 e. The Balaban J connectivity index is 2.13. The van der Waals surface area contributed by atoms with Crippen LogP contribution in [0.25, 0.3) is 0 Å². The van der Waals surface area contributed by atoms with Crippen molar-refractivity contribution in [2.45, 2.75) is 43.8 Å². The number of thioether (sulfide) groups is 1. The van der Waals surface area contributed by atoms with Crippen molar-refractivity contribution in [2.75, 3.05) is 0 Å². The van der Waals surface area contributed by atoms with Gasteiger partial charge in [-0.3, -0.25) is 18.7 Å². The van der Waals surface area contributed by atoms with E-state index in [-0.39, 0.29) is 18.3 Å². The van der Waals surface area contributed by atoms with Crippen LogP contribution in [0.2, 0.25) is 5.02 Å². The van der Waals surface area contributed by atoms with Gasteiger partial charge in [0.2, 0.25) is 5.91 Å². The Morgan fingerprint density at radius 2 is 2.11 bits per heavy atom. The monoisotopic (exact) mass is 407 g/mol. The number of hydrogen-bond acceptors (Lipinski definition) is 6. The third kappa shape index (κ3) is 4.14. The van der Waals surface area contributed by atoms with Gasteiger partial charge >= 0.3 is 5.69 Å². The molecule has 1 aromatic heterocycles. The topological polar surface area (TPSA) is 97.8 Å². The van der Waals surface area contributed by atoms with Crippen LogP contribution in [0, 0.1) is 0 Å². The maximum atomic E-state index is 12.9. The Morgan fingerprint density at radius 1 is 1.33 bits per heavy atom. The Labute approximate surface area is 164 Å². The highest BCUT2D eigenvalue weighted by Crippen LogP contribution is 2.34. The summed E-state index contributed by atoms with van der Waals surface area (Å²) in [5.41, 5.74) is -0.760. The number of hydrogen-bond donors (Lipinski definition) is 1. The molecule has 2 heterocycles. The number of nitrogens with one attached hydrogen (secondary N) is 1. The maximum absolute atomic E-state index is 12.9. The van der Waals surface area contributed by atoms with Crippen molar-refractivity contribution in [1.82, 2.24) is 14.5 Å². The molecule has 1 unspecified atom stereocenters. The van der Waals surface area contributed by atoms with E-state index < -0.39 is 16.7 Å². The zero-order valence-electron chi connectivity index (χ0n) is 14.8.